The predicted molar refractivity (Wildman–Crippen MR) is 104 cm³/mol. The third-order valence-electron chi connectivity index (χ3n) is 4.49. The van der Waals surface area contributed by atoms with E-state index in [4.69, 9.17) is 0 Å². The fourth-order valence-electron chi connectivity index (χ4n) is 3.10. The number of nitrogens with one attached hydrogen (secondary N) is 2. The molecule has 150 valence electrons. The van der Waals surface area contributed by atoms with Gasteiger partial charge in [0.25, 0.3) is 0 Å². The van der Waals surface area contributed by atoms with Gasteiger partial charge in [-0.15, -0.1) is 11.8 Å². The van der Waals surface area contributed by atoms with Crippen LogP contribution in [0.3, 0.4) is 0 Å². The first-order valence-electron chi connectivity index (χ1n) is 8.61. The molecule has 1 fully saturated rings. The lowest BCUT2D eigenvalue weighted by molar-refractivity contribution is -0.137. The Bertz CT molecular complexity index is 877. The van der Waals surface area contributed by atoms with E-state index >= 15 is 0 Å². The lowest BCUT2D eigenvalue weighted by Gasteiger charge is -2.16. The van der Waals surface area contributed by atoms with E-state index in [-0.39, 0.29) is 23.0 Å². The number of Topliss-reactive ketones (excluding diaryl/α,β-unsaturated/α-hetero) is 1. The maximum Gasteiger partial charge on any atom is 0.416 e. The molecule has 1 aliphatic rings. The van der Waals surface area contributed by atoms with Crippen LogP contribution in [-0.2, 0) is 6.18 Å². The molecular formula is C18H18F3N3O2S2. The molecule has 0 unspecified atom stereocenters. The maximum atomic E-state index is 13.1. The Morgan fingerprint density at radius 2 is 1.93 bits per heavy atom. The van der Waals surface area contributed by atoms with Crippen molar-refractivity contribution in [2.75, 3.05) is 16.9 Å². The first-order valence-corrected chi connectivity index (χ1v) is 10.7. The van der Waals surface area contributed by atoms with Crippen LogP contribution in [0.2, 0.25) is 0 Å². The van der Waals surface area contributed by atoms with Crippen LogP contribution in [0.5, 0.6) is 0 Å². The molecule has 2 amide bonds. The minimum atomic E-state index is -4.57. The number of carbonyl (C=O) groups is 2. The highest BCUT2D eigenvalue weighted by molar-refractivity contribution is 8.00. The fraction of sp³-hybridized carbons (Fsp3) is 0.389. The first-order chi connectivity index (χ1) is 13.3. The van der Waals surface area contributed by atoms with Crippen LogP contribution in [0.4, 0.5) is 28.8 Å². The molecule has 2 aromatic rings. The van der Waals surface area contributed by atoms with E-state index in [1.807, 2.05) is 6.26 Å². The van der Waals surface area contributed by atoms with Gasteiger partial charge in [0.2, 0.25) is 0 Å². The molecule has 1 aliphatic carbocycles. The summed E-state index contributed by atoms with van der Waals surface area (Å²) in [5, 5.41) is 5.39. The Labute approximate surface area is 168 Å². The molecule has 1 heterocycles. The van der Waals surface area contributed by atoms with E-state index in [1.165, 1.54) is 23.1 Å². The number of hydrogen-bond donors (Lipinski definition) is 2. The van der Waals surface area contributed by atoms with Crippen LogP contribution in [0.15, 0.2) is 28.6 Å². The third-order valence-corrected chi connectivity index (χ3v) is 6.46. The molecule has 28 heavy (non-hydrogen) atoms. The summed E-state index contributed by atoms with van der Waals surface area (Å²) >= 11 is 2.75. The zero-order valence-electron chi connectivity index (χ0n) is 14.9. The molecule has 0 bridgehead atoms. The number of rotatable bonds is 5. The normalized spacial score (nSPS) is 14.9. The summed E-state index contributed by atoms with van der Waals surface area (Å²) in [7, 11) is 0. The highest BCUT2D eigenvalue weighted by atomic mass is 32.2. The summed E-state index contributed by atoms with van der Waals surface area (Å²) in [5.74, 6) is -0.673. The number of hydrogen-bond acceptors (Lipinski definition) is 5. The van der Waals surface area contributed by atoms with Gasteiger partial charge in [-0.25, -0.2) is 9.78 Å². The van der Waals surface area contributed by atoms with E-state index in [0.29, 0.717) is 18.0 Å². The Kier molecular flexibility index (Phi) is 6.29. The molecule has 10 heteroatoms. The molecule has 0 aliphatic heterocycles. The molecule has 0 saturated heterocycles. The average Bonchev–Trinajstić information content (AvgIpc) is 3.32. The molecule has 1 aromatic carbocycles. The molecule has 0 atom stereocenters. The second-order valence-corrected chi connectivity index (χ2v) is 8.51. The number of thiazole rings is 1. The number of anilines is 2. The quantitative estimate of drug-likeness (QED) is 0.458. The average molecular weight is 429 g/mol. The summed E-state index contributed by atoms with van der Waals surface area (Å²) < 4.78 is 40.2. The van der Waals surface area contributed by atoms with Gasteiger partial charge in [0.1, 0.15) is 0 Å². The highest BCUT2D eigenvalue weighted by Crippen LogP contribution is 2.35. The Morgan fingerprint density at radius 1 is 1.21 bits per heavy atom. The van der Waals surface area contributed by atoms with Gasteiger partial charge in [0.05, 0.1) is 21.7 Å². The van der Waals surface area contributed by atoms with Gasteiger partial charge in [-0.2, -0.15) is 13.2 Å². The zero-order chi connectivity index (χ0) is 20.3. The predicted octanol–water partition coefficient (Wildman–Crippen LogP) is 5.90. The minimum absolute atomic E-state index is 0.0593. The van der Waals surface area contributed by atoms with Gasteiger partial charge < -0.3 is 5.32 Å². The molecular weight excluding hydrogens is 411 g/mol. The van der Waals surface area contributed by atoms with Crippen LogP contribution in [-0.4, -0.2) is 23.1 Å². The van der Waals surface area contributed by atoms with Crippen LogP contribution in [0.1, 0.15) is 41.6 Å². The van der Waals surface area contributed by atoms with E-state index in [1.54, 1.807) is 6.20 Å². The third kappa shape index (κ3) is 4.85. The number of thioether (sulfide) groups is 1. The van der Waals surface area contributed by atoms with Crippen molar-refractivity contribution in [3.8, 4) is 0 Å². The second-order valence-electron chi connectivity index (χ2n) is 6.37. The van der Waals surface area contributed by atoms with Gasteiger partial charge in [0, 0.05) is 11.5 Å². The molecule has 1 aromatic heterocycles. The summed E-state index contributed by atoms with van der Waals surface area (Å²) in [6.07, 6.45) is 1.97. The largest absolute Gasteiger partial charge is 0.416 e. The van der Waals surface area contributed by atoms with E-state index in [9.17, 15) is 22.8 Å². The number of ketones is 1. The summed E-state index contributed by atoms with van der Waals surface area (Å²) in [6.45, 7) is 0. The number of urea groups is 1. The number of alkyl halides is 3. The van der Waals surface area contributed by atoms with E-state index in [2.05, 4.69) is 15.6 Å². The Balaban J connectivity index is 1.83. The molecule has 0 radical (unpaired) electrons. The first kappa shape index (κ1) is 20.7. The SMILES string of the molecule is CSc1cnc(NC(=O)Nc2ccc(C(F)(F)F)cc2C(=O)C2CCCC2)s1. The summed E-state index contributed by atoms with van der Waals surface area (Å²) in [6, 6.07) is 2.14. The van der Waals surface area contributed by atoms with Gasteiger partial charge in [-0.05, 0) is 37.3 Å². The van der Waals surface area contributed by atoms with Crippen molar-refractivity contribution in [2.24, 2.45) is 5.92 Å². The van der Waals surface area contributed by atoms with Crippen molar-refractivity contribution in [1.29, 1.82) is 0 Å². The number of nitrogens with zero attached hydrogens (tertiary/aromatic N) is 1. The van der Waals surface area contributed by atoms with Crippen molar-refractivity contribution < 1.29 is 22.8 Å². The van der Waals surface area contributed by atoms with Crippen LogP contribution < -0.4 is 10.6 Å². The van der Waals surface area contributed by atoms with Gasteiger partial charge in [-0.1, -0.05) is 24.2 Å². The smallest absolute Gasteiger partial charge is 0.307 e. The zero-order valence-corrected chi connectivity index (χ0v) is 16.6. The van der Waals surface area contributed by atoms with Crippen LogP contribution in [0.25, 0.3) is 0 Å². The molecule has 0 spiro atoms. The summed E-state index contributed by atoms with van der Waals surface area (Å²) in [5.41, 5.74) is -0.964. The second kappa shape index (κ2) is 8.52. The van der Waals surface area contributed by atoms with E-state index in [0.717, 1.165) is 35.2 Å². The lowest BCUT2D eigenvalue weighted by atomic mass is 9.93. The molecule has 3 rings (SSSR count). The topological polar surface area (TPSA) is 71.1 Å². The number of benzene rings is 1. The van der Waals surface area contributed by atoms with Crippen molar-refractivity contribution in [2.45, 2.75) is 36.1 Å². The fourth-order valence-corrected chi connectivity index (χ4v) is 4.38. The number of aromatic nitrogens is 1. The van der Waals surface area contributed by atoms with Crippen molar-refractivity contribution in [3.05, 3.63) is 35.5 Å². The molecule has 1 saturated carbocycles. The lowest BCUT2D eigenvalue weighted by Crippen LogP contribution is -2.22. The van der Waals surface area contributed by atoms with Gasteiger partial charge >= 0.3 is 12.2 Å². The van der Waals surface area contributed by atoms with Crippen LogP contribution in [0, 0.1) is 5.92 Å². The van der Waals surface area contributed by atoms with Crippen LogP contribution >= 0.6 is 23.1 Å². The monoisotopic (exact) mass is 429 g/mol. The Hall–Kier alpha value is -2.07. The van der Waals surface area contributed by atoms with Crippen molar-refractivity contribution >= 4 is 45.7 Å². The highest BCUT2D eigenvalue weighted by Gasteiger charge is 2.33. The minimum Gasteiger partial charge on any atom is -0.307 e. The maximum absolute atomic E-state index is 13.1. The van der Waals surface area contributed by atoms with Crippen molar-refractivity contribution in [1.82, 2.24) is 4.98 Å². The van der Waals surface area contributed by atoms with E-state index < -0.39 is 17.8 Å². The summed E-state index contributed by atoms with van der Waals surface area (Å²) in [4.78, 5) is 29.1. The van der Waals surface area contributed by atoms with Crippen molar-refractivity contribution in [3.63, 3.8) is 0 Å². The number of halogens is 3. The molecule has 5 nitrogen and oxygen atoms in total. The Morgan fingerprint density at radius 3 is 2.54 bits per heavy atom. The number of amides is 2. The molecule has 2 N–H and O–H groups in total. The standard InChI is InChI=1S/C18H18F3N3O2S2/c1-27-14-9-22-17(28-14)24-16(26)23-13-7-6-11(18(19,20)21)8-12(13)15(25)10-4-2-3-5-10/h6-10H,2-5H2,1H3,(H2,22,23,24,26). The van der Waals surface area contributed by atoms with Gasteiger partial charge in [0.15, 0.2) is 10.9 Å². The number of carbonyl (C=O) groups excluding carboxylic acids is 2. The van der Waals surface area contributed by atoms with Gasteiger partial charge in [-0.3, -0.25) is 10.1 Å².